The summed E-state index contributed by atoms with van der Waals surface area (Å²) in [5.41, 5.74) is 0.912. The number of imidazole rings is 1. The summed E-state index contributed by atoms with van der Waals surface area (Å²) < 4.78 is 53.7. The molecule has 0 unspecified atom stereocenters. The van der Waals surface area contributed by atoms with E-state index >= 15 is 0 Å². The minimum Gasteiger partial charge on any atom is -0.489 e. The van der Waals surface area contributed by atoms with Gasteiger partial charge in [-0.3, -0.25) is 0 Å². The molecular weight excluding hydrogens is 355 g/mol. The Balaban J connectivity index is 0.000000597. The second-order valence-electron chi connectivity index (χ2n) is 5.12. The van der Waals surface area contributed by atoms with Crippen molar-refractivity contribution >= 4 is 13.2 Å². The lowest BCUT2D eigenvalue weighted by molar-refractivity contribution is -0.671. The van der Waals surface area contributed by atoms with Gasteiger partial charge in [0, 0.05) is 6.08 Å². The van der Waals surface area contributed by atoms with Gasteiger partial charge in [0.15, 0.2) is 0 Å². The summed E-state index contributed by atoms with van der Waals surface area (Å²) in [6.07, 6.45) is 7.14. The Morgan fingerprint density at radius 2 is 1.88 bits per heavy atom. The molecule has 0 saturated heterocycles. The van der Waals surface area contributed by atoms with E-state index in [9.17, 15) is 22.1 Å². The smallest absolute Gasteiger partial charge is 0.489 e. The predicted octanol–water partition coefficient (Wildman–Crippen LogP) is 2.92. The molecule has 1 aromatic carbocycles. The second kappa shape index (κ2) is 10.3. The van der Waals surface area contributed by atoms with Crippen molar-refractivity contribution in [2.24, 2.45) is 7.05 Å². The maximum Gasteiger partial charge on any atom is 0.673 e. The Morgan fingerprint density at radius 1 is 1.27 bits per heavy atom. The van der Waals surface area contributed by atoms with Gasteiger partial charge in [0.25, 0.3) is 0 Å². The van der Waals surface area contributed by atoms with Crippen LogP contribution in [0.5, 0.6) is 5.75 Å². The van der Waals surface area contributed by atoms with Gasteiger partial charge >= 0.3 is 13.2 Å². The standard InChI is InChI=1S/C16H19N2O3.BF4/c1-3-16(19)21-12-14-4-6-15(7-5-14)20-11-10-18-9-8-17(2)13-18;2-1(3,4)5/h3-9,13H,1,10-12H2,2H3;/q+1;-1. The van der Waals surface area contributed by atoms with Gasteiger partial charge in [0.05, 0.1) is 7.05 Å². The largest absolute Gasteiger partial charge is 0.673 e. The van der Waals surface area contributed by atoms with Crippen molar-refractivity contribution in [3.8, 4) is 5.75 Å². The van der Waals surface area contributed by atoms with E-state index in [0.717, 1.165) is 23.9 Å². The van der Waals surface area contributed by atoms with Crippen molar-refractivity contribution in [1.82, 2.24) is 4.57 Å². The van der Waals surface area contributed by atoms with Crippen molar-refractivity contribution in [3.05, 3.63) is 61.2 Å². The highest BCUT2D eigenvalue weighted by molar-refractivity contribution is 6.50. The lowest BCUT2D eigenvalue weighted by atomic mass is 10.2. The summed E-state index contributed by atoms with van der Waals surface area (Å²) in [6.45, 7) is 4.98. The van der Waals surface area contributed by atoms with Gasteiger partial charge in [0.1, 0.15) is 37.9 Å². The average molecular weight is 374 g/mol. The number of rotatable bonds is 7. The third kappa shape index (κ3) is 10.2. The SMILES string of the molecule is C=CC(=O)OCc1ccc(OCCn2cc[n+](C)c2)cc1.F[B-](F)(F)F. The Hall–Kier alpha value is -2.78. The van der Waals surface area contributed by atoms with Crippen LogP contribution in [-0.4, -0.2) is 24.4 Å². The van der Waals surface area contributed by atoms with Crippen LogP contribution in [0.3, 0.4) is 0 Å². The van der Waals surface area contributed by atoms with Gasteiger partial charge in [-0.2, -0.15) is 0 Å². The molecule has 0 amide bonds. The molecule has 0 atom stereocenters. The topological polar surface area (TPSA) is 44.3 Å². The van der Waals surface area contributed by atoms with Gasteiger partial charge in [-0.15, -0.1) is 0 Å². The maximum atomic E-state index is 11.0. The molecule has 26 heavy (non-hydrogen) atoms. The van der Waals surface area contributed by atoms with Crippen molar-refractivity contribution in [2.45, 2.75) is 13.2 Å². The molecular formula is C16H19BF4N2O3. The summed E-state index contributed by atoms with van der Waals surface area (Å²) in [4.78, 5) is 11.0. The number of carbonyl (C=O) groups is 1. The van der Waals surface area contributed by atoms with Crippen LogP contribution in [-0.2, 0) is 29.7 Å². The van der Waals surface area contributed by atoms with Gasteiger partial charge in [-0.25, -0.2) is 13.9 Å². The van der Waals surface area contributed by atoms with E-state index in [0.29, 0.717) is 6.61 Å². The van der Waals surface area contributed by atoms with E-state index in [1.165, 1.54) is 0 Å². The Labute approximate surface area is 148 Å². The summed E-state index contributed by atoms with van der Waals surface area (Å²) in [7, 11) is -4.02. The fourth-order valence-corrected chi connectivity index (χ4v) is 1.80. The lowest BCUT2D eigenvalue weighted by Gasteiger charge is -2.06. The zero-order valence-corrected chi connectivity index (χ0v) is 14.2. The molecule has 0 spiro atoms. The summed E-state index contributed by atoms with van der Waals surface area (Å²) >= 11 is 0. The summed E-state index contributed by atoms with van der Waals surface area (Å²) in [5, 5.41) is 0. The number of aryl methyl sites for hydroxylation is 1. The second-order valence-corrected chi connectivity index (χ2v) is 5.12. The third-order valence-electron chi connectivity index (χ3n) is 2.91. The first-order valence-electron chi connectivity index (χ1n) is 7.56. The van der Waals surface area contributed by atoms with Crippen LogP contribution in [0, 0.1) is 0 Å². The van der Waals surface area contributed by atoms with E-state index in [1.54, 1.807) is 0 Å². The normalized spacial score (nSPS) is 10.5. The molecule has 2 rings (SSSR count). The number of esters is 1. The van der Waals surface area contributed by atoms with Crippen LogP contribution < -0.4 is 9.30 Å². The fourth-order valence-electron chi connectivity index (χ4n) is 1.80. The first-order chi connectivity index (χ1) is 12.2. The number of nitrogens with zero attached hydrogens (tertiary/aromatic N) is 2. The lowest BCUT2D eigenvalue weighted by Crippen LogP contribution is -2.24. The van der Waals surface area contributed by atoms with Crippen LogP contribution in [0.1, 0.15) is 5.56 Å². The van der Waals surface area contributed by atoms with Crippen molar-refractivity contribution in [1.29, 1.82) is 0 Å². The van der Waals surface area contributed by atoms with Crippen molar-refractivity contribution in [3.63, 3.8) is 0 Å². The number of hydrogen-bond donors (Lipinski definition) is 0. The Morgan fingerprint density at radius 3 is 2.38 bits per heavy atom. The summed E-state index contributed by atoms with van der Waals surface area (Å²) in [5.74, 6) is 0.376. The molecule has 1 aromatic heterocycles. The molecule has 0 fully saturated rings. The number of halogens is 4. The minimum atomic E-state index is -6.00. The molecule has 0 radical (unpaired) electrons. The van der Waals surface area contributed by atoms with Crippen molar-refractivity contribution < 1.29 is 36.1 Å². The molecule has 142 valence electrons. The highest BCUT2D eigenvalue weighted by atomic mass is 19.5. The number of carbonyl (C=O) groups excluding carboxylic acids is 1. The average Bonchev–Trinajstić information content (AvgIpc) is 2.97. The number of benzene rings is 1. The number of aromatic nitrogens is 2. The molecule has 0 bridgehead atoms. The molecule has 5 nitrogen and oxygen atoms in total. The van der Waals surface area contributed by atoms with E-state index in [-0.39, 0.29) is 6.61 Å². The summed E-state index contributed by atoms with van der Waals surface area (Å²) in [6, 6.07) is 7.49. The number of ether oxygens (including phenoxy) is 2. The van der Waals surface area contributed by atoms with Crippen LogP contribution >= 0.6 is 0 Å². The zero-order valence-electron chi connectivity index (χ0n) is 14.2. The maximum absolute atomic E-state index is 11.0. The number of hydrogen-bond acceptors (Lipinski definition) is 3. The van der Waals surface area contributed by atoms with Crippen molar-refractivity contribution in [2.75, 3.05) is 6.61 Å². The highest BCUT2D eigenvalue weighted by Crippen LogP contribution is 2.13. The molecule has 1 heterocycles. The highest BCUT2D eigenvalue weighted by Gasteiger charge is 2.20. The Bertz CT molecular complexity index is 696. The monoisotopic (exact) mass is 374 g/mol. The molecule has 0 aliphatic carbocycles. The first kappa shape index (κ1) is 21.3. The molecule has 0 N–H and O–H groups in total. The molecule has 2 aromatic rings. The third-order valence-corrected chi connectivity index (χ3v) is 2.91. The van der Waals surface area contributed by atoms with Crippen LogP contribution in [0.25, 0.3) is 0 Å². The molecule has 10 heteroatoms. The van der Waals surface area contributed by atoms with E-state index in [2.05, 4.69) is 11.1 Å². The Kier molecular flexibility index (Phi) is 8.40. The van der Waals surface area contributed by atoms with Gasteiger partial charge in [-0.05, 0) is 17.7 Å². The molecule has 0 aliphatic rings. The van der Waals surface area contributed by atoms with Crippen LogP contribution in [0.4, 0.5) is 17.3 Å². The first-order valence-corrected chi connectivity index (χ1v) is 7.56. The molecule has 0 saturated carbocycles. The van der Waals surface area contributed by atoms with E-state index in [1.807, 2.05) is 54.6 Å². The van der Waals surface area contributed by atoms with Gasteiger partial charge < -0.3 is 26.7 Å². The van der Waals surface area contributed by atoms with Gasteiger partial charge in [-0.1, -0.05) is 18.7 Å². The van der Waals surface area contributed by atoms with Gasteiger partial charge in [0.2, 0.25) is 6.33 Å². The van der Waals surface area contributed by atoms with Crippen LogP contribution in [0.2, 0.25) is 0 Å². The van der Waals surface area contributed by atoms with E-state index in [4.69, 9.17) is 9.47 Å². The predicted molar refractivity (Wildman–Crippen MR) is 87.7 cm³/mol. The fraction of sp³-hybridized carbons (Fsp3) is 0.250. The minimum absolute atomic E-state index is 0.241. The zero-order chi connectivity index (χ0) is 19.6. The van der Waals surface area contributed by atoms with E-state index < -0.39 is 13.2 Å². The molecule has 0 aliphatic heterocycles. The quantitative estimate of drug-likeness (QED) is 0.246. The van der Waals surface area contributed by atoms with Crippen LogP contribution in [0.15, 0.2) is 55.6 Å².